The van der Waals surface area contributed by atoms with E-state index in [0.717, 1.165) is 43.1 Å². The highest BCUT2D eigenvalue weighted by atomic mass is 35.5. The first-order valence-corrected chi connectivity index (χ1v) is 6.23. The monoisotopic (exact) mass is 249 g/mol. The third-order valence-corrected chi connectivity index (χ3v) is 3.82. The van der Waals surface area contributed by atoms with E-state index < -0.39 is 0 Å². The second-order valence-corrected chi connectivity index (χ2v) is 5.32. The van der Waals surface area contributed by atoms with Gasteiger partial charge in [0.05, 0.1) is 16.5 Å². The average molecular weight is 250 g/mol. The quantitative estimate of drug-likeness (QED) is 0.809. The Morgan fingerprint density at radius 3 is 2.82 bits per heavy atom. The SMILES string of the molecule is CC1(C#N)CCN(Cc2ccncc2Cl)CC1. The molecule has 0 aliphatic carbocycles. The molecule has 0 N–H and O–H groups in total. The fraction of sp³-hybridized carbons (Fsp3) is 0.538. The summed E-state index contributed by atoms with van der Waals surface area (Å²) in [6.45, 7) is 4.82. The minimum absolute atomic E-state index is 0.140. The molecule has 0 spiro atoms. The van der Waals surface area contributed by atoms with Gasteiger partial charge in [0.15, 0.2) is 0 Å². The number of hydrogen-bond donors (Lipinski definition) is 0. The maximum Gasteiger partial charge on any atom is 0.0687 e. The van der Waals surface area contributed by atoms with Crippen molar-refractivity contribution >= 4 is 11.6 Å². The summed E-state index contributed by atoms with van der Waals surface area (Å²) in [5.41, 5.74) is 0.973. The van der Waals surface area contributed by atoms with Gasteiger partial charge in [-0.1, -0.05) is 11.6 Å². The largest absolute Gasteiger partial charge is 0.299 e. The van der Waals surface area contributed by atoms with Crippen LogP contribution >= 0.6 is 11.6 Å². The summed E-state index contributed by atoms with van der Waals surface area (Å²) in [5, 5.41) is 9.80. The molecule has 0 aromatic carbocycles. The van der Waals surface area contributed by atoms with Crippen LogP contribution in [0.4, 0.5) is 0 Å². The molecule has 0 unspecified atom stereocenters. The fourth-order valence-corrected chi connectivity index (χ4v) is 2.27. The Hall–Kier alpha value is -1.11. The summed E-state index contributed by atoms with van der Waals surface area (Å²) in [4.78, 5) is 6.33. The molecule has 0 atom stereocenters. The lowest BCUT2D eigenvalue weighted by atomic mass is 9.82. The standard InChI is InChI=1S/C13H16ClN3/c1-13(10-15)3-6-17(7-4-13)9-11-2-5-16-8-12(11)14/h2,5,8H,3-4,6-7,9H2,1H3. The Bertz CT molecular complexity index is 431. The van der Waals surface area contributed by atoms with E-state index in [9.17, 15) is 0 Å². The molecule has 1 fully saturated rings. The molecule has 0 saturated carbocycles. The summed E-state index contributed by atoms with van der Waals surface area (Å²) < 4.78 is 0. The molecule has 0 bridgehead atoms. The van der Waals surface area contributed by atoms with Crippen LogP contribution in [0.25, 0.3) is 0 Å². The smallest absolute Gasteiger partial charge is 0.0687 e. The highest BCUT2D eigenvalue weighted by molar-refractivity contribution is 6.31. The number of halogens is 1. The van der Waals surface area contributed by atoms with Crippen LogP contribution in [-0.4, -0.2) is 23.0 Å². The normalized spacial score (nSPS) is 19.8. The number of hydrogen-bond acceptors (Lipinski definition) is 3. The molecule has 0 radical (unpaired) electrons. The highest BCUT2D eigenvalue weighted by Crippen LogP contribution is 2.30. The van der Waals surface area contributed by atoms with E-state index in [1.54, 1.807) is 12.4 Å². The van der Waals surface area contributed by atoms with Crippen LogP contribution in [0.5, 0.6) is 0 Å². The summed E-state index contributed by atoms with van der Waals surface area (Å²) in [7, 11) is 0. The first-order chi connectivity index (χ1) is 8.13. The molecule has 90 valence electrons. The zero-order valence-electron chi connectivity index (χ0n) is 9.99. The molecule has 1 aliphatic heterocycles. The third kappa shape index (κ3) is 2.96. The molecule has 3 nitrogen and oxygen atoms in total. The molecule has 4 heteroatoms. The lowest BCUT2D eigenvalue weighted by molar-refractivity contribution is 0.150. The predicted octanol–water partition coefficient (Wildman–Crippen LogP) is 2.86. The maximum absolute atomic E-state index is 9.07. The Balaban J connectivity index is 1.95. The van der Waals surface area contributed by atoms with E-state index in [1.807, 2.05) is 13.0 Å². The van der Waals surface area contributed by atoms with Gasteiger partial charge in [0.1, 0.15) is 0 Å². The van der Waals surface area contributed by atoms with Crippen LogP contribution < -0.4 is 0 Å². The fourth-order valence-electron chi connectivity index (χ4n) is 2.09. The van der Waals surface area contributed by atoms with Crippen molar-refractivity contribution in [2.24, 2.45) is 5.41 Å². The van der Waals surface area contributed by atoms with Crippen LogP contribution in [0.1, 0.15) is 25.3 Å². The van der Waals surface area contributed by atoms with E-state index in [-0.39, 0.29) is 5.41 Å². The van der Waals surface area contributed by atoms with Gasteiger partial charge in [-0.25, -0.2) is 0 Å². The molecular weight excluding hydrogens is 234 g/mol. The molecular formula is C13H16ClN3. The number of rotatable bonds is 2. The summed E-state index contributed by atoms with van der Waals surface area (Å²) in [5.74, 6) is 0. The van der Waals surface area contributed by atoms with Gasteiger partial charge < -0.3 is 0 Å². The van der Waals surface area contributed by atoms with Crippen LogP contribution in [0.15, 0.2) is 18.5 Å². The number of pyridine rings is 1. The lowest BCUT2D eigenvalue weighted by Crippen LogP contribution is -2.37. The van der Waals surface area contributed by atoms with Crippen molar-refractivity contribution in [1.82, 2.24) is 9.88 Å². The van der Waals surface area contributed by atoms with Crippen LogP contribution in [0.3, 0.4) is 0 Å². The van der Waals surface area contributed by atoms with Crippen molar-refractivity contribution < 1.29 is 0 Å². The van der Waals surface area contributed by atoms with Gasteiger partial charge in [-0.05, 0) is 44.5 Å². The number of aromatic nitrogens is 1. The highest BCUT2D eigenvalue weighted by Gasteiger charge is 2.29. The zero-order valence-corrected chi connectivity index (χ0v) is 10.7. The Kier molecular flexibility index (Phi) is 3.66. The first-order valence-electron chi connectivity index (χ1n) is 5.85. The van der Waals surface area contributed by atoms with Gasteiger partial charge in [0, 0.05) is 18.9 Å². The van der Waals surface area contributed by atoms with Crippen molar-refractivity contribution in [1.29, 1.82) is 5.26 Å². The molecule has 1 aromatic heterocycles. The van der Waals surface area contributed by atoms with Crippen molar-refractivity contribution in [3.63, 3.8) is 0 Å². The maximum atomic E-state index is 9.07. The number of likely N-dealkylation sites (tertiary alicyclic amines) is 1. The van der Waals surface area contributed by atoms with Gasteiger partial charge in [-0.3, -0.25) is 9.88 Å². The van der Waals surface area contributed by atoms with E-state index in [1.165, 1.54) is 0 Å². The minimum atomic E-state index is -0.140. The molecule has 1 aliphatic rings. The Labute approximate surface area is 107 Å². The van der Waals surface area contributed by atoms with Gasteiger partial charge in [-0.2, -0.15) is 5.26 Å². The second-order valence-electron chi connectivity index (χ2n) is 4.92. The Morgan fingerprint density at radius 2 is 2.24 bits per heavy atom. The molecule has 17 heavy (non-hydrogen) atoms. The molecule has 0 amide bonds. The number of nitrogens with zero attached hydrogens (tertiary/aromatic N) is 3. The van der Waals surface area contributed by atoms with E-state index in [0.29, 0.717) is 0 Å². The predicted molar refractivity (Wildman–Crippen MR) is 67.5 cm³/mol. The Morgan fingerprint density at radius 1 is 1.53 bits per heavy atom. The van der Waals surface area contributed by atoms with Crippen LogP contribution in [-0.2, 0) is 6.54 Å². The molecule has 2 rings (SSSR count). The lowest BCUT2D eigenvalue weighted by Gasteiger charge is -2.34. The van der Waals surface area contributed by atoms with E-state index in [2.05, 4.69) is 16.0 Å². The van der Waals surface area contributed by atoms with Crippen molar-refractivity contribution in [2.75, 3.05) is 13.1 Å². The van der Waals surface area contributed by atoms with Crippen molar-refractivity contribution in [3.05, 3.63) is 29.0 Å². The van der Waals surface area contributed by atoms with E-state index >= 15 is 0 Å². The molecule has 1 aromatic rings. The summed E-state index contributed by atoms with van der Waals surface area (Å²) in [6.07, 6.45) is 5.32. The second kappa shape index (κ2) is 5.03. The zero-order chi connectivity index (χ0) is 12.3. The topological polar surface area (TPSA) is 39.9 Å². The van der Waals surface area contributed by atoms with Crippen LogP contribution in [0, 0.1) is 16.7 Å². The number of nitriles is 1. The van der Waals surface area contributed by atoms with E-state index in [4.69, 9.17) is 16.9 Å². The average Bonchev–Trinajstić information content (AvgIpc) is 2.35. The molecule has 1 saturated heterocycles. The van der Waals surface area contributed by atoms with Gasteiger partial charge in [0.25, 0.3) is 0 Å². The third-order valence-electron chi connectivity index (χ3n) is 3.48. The van der Waals surface area contributed by atoms with Gasteiger partial charge in [0.2, 0.25) is 0 Å². The van der Waals surface area contributed by atoms with Gasteiger partial charge in [-0.15, -0.1) is 0 Å². The van der Waals surface area contributed by atoms with Gasteiger partial charge >= 0.3 is 0 Å². The van der Waals surface area contributed by atoms with Crippen molar-refractivity contribution in [3.8, 4) is 6.07 Å². The summed E-state index contributed by atoms with van der Waals surface area (Å²) >= 11 is 6.09. The first kappa shape index (κ1) is 12.3. The van der Waals surface area contributed by atoms with Crippen molar-refractivity contribution in [2.45, 2.75) is 26.3 Å². The summed E-state index contributed by atoms with van der Waals surface area (Å²) in [6, 6.07) is 4.37. The minimum Gasteiger partial charge on any atom is -0.299 e. The van der Waals surface area contributed by atoms with Crippen LogP contribution in [0.2, 0.25) is 5.02 Å². The number of piperidine rings is 1. The molecule has 2 heterocycles.